The average Bonchev–Trinajstić information content (AvgIpc) is 3.23. The summed E-state index contributed by atoms with van der Waals surface area (Å²) in [6, 6.07) is 4.38. The predicted molar refractivity (Wildman–Crippen MR) is 97.6 cm³/mol. The van der Waals surface area contributed by atoms with Crippen molar-refractivity contribution in [1.29, 1.82) is 0 Å². The summed E-state index contributed by atoms with van der Waals surface area (Å²) in [5.41, 5.74) is 2.81. The molecule has 4 heterocycles. The van der Waals surface area contributed by atoms with Crippen molar-refractivity contribution in [3.8, 4) is 0 Å². The topological polar surface area (TPSA) is 41.6 Å². The predicted octanol–water partition coefficient (Wildman–Crippen LogP) is 2.99. The number of rotatable bonds is 5. The Morgan fingerprint density at radius 1 is 1.25 bits per heavy atom. The zero-order valence-electron chi connectivity index (χ0n) is 13.6. The second kappa shape index (κ2) is 7.35. The summed E-state index contributed by atoms with van der Waals surface area (Å²) < 4.78 is 5.80. The Bertz CT molecular complexity index is 709. The maximum Gasteiger partial charge on any atom is 0.223 e. The summed E-state index contributed by atoms with van der Waals surface area (Å²) in [6.07, 6.45) is 2.48. The van der Waals surface area contributed by atoms with Gasteiger partial charge >= 0.3 is 0 Å². The summed E-state index contributed by atoms with van der Waals surface area (Å²) in [5.74, 6) is 0.0921. The molecule has 0 bridgehead atoms. The quantitative estimate of drug-likeness (QED) is 0.889. The molecule has 1 amide bonds. The zero-order chi connectivity index (χ0) is 16.4. The molecule has 0 saturated carbocycles. The smallest absolute Gasteiger partial charge is 0.223 e. The van der Waals surface area contributed by atoms with Crippen LogP contribution in [0.1, 0.15) is 33.4 Å². The monoisotopic (exact) mass is 362 g/mol. The largest absolute Gasteiger partial charge is 0.372 e. The molecule has 0 saturated heterocycles. The summed E-state index contributed by atoms with van der Waals surface area (Å²) in [5, 5.41) is 7.34. The van der Waals surface area contributed by atoms with Gasteiger partial charge in [-0.2, -0.15) is 0 Å². The Morgan fingerprint density at radius 3 is 3.08 bits per heavy atom. The second-order valence-corrected chi connectivity index (χ2v) is 8.32. The molecule has 0 radical (unpaired) electrons. The SMILES string of the molecule is O=C(CC1OCCc2ccsc21)NCCN1CCc2sccc2C1. The van der Waals surface area contributed by atoms with Crippen molar-refractivity contribution in [3.05, 3.63) is 43.8 Å². The molecule has 24 heavy (non-hydrogen) atoms. The third kappa shape index (κ3) is 3.57. The first-order chi connectivity index (χ1) is 11.8. The van der Waals surface area contributed by atoms with E-state index >= 15 is 0 Å². The van der Waals surface area contributed by atoms with Crippen LogP contribution >= 0.6 is 22.7 Å². The van der Waals surface area contributed by atoms with E-state index in [1.54, 1.807) is 11.3 Å². The van der Waals surface area contributed by atoms with Crippen LogP contribution in [0.2, 0.25) is 0 Å². The standard InChI is InChI=1S/C18H22N2O2S2/c21-17(11-15-18-13(2-8-22-15)3-10-24-18)19-5-7-20-6-1-16-14(12-20)4-9-23-16/h3-4,9-10,15H,1-2,5-8,11-12H2,(H,19,21). The van der Waals surface area contributed by atoms with Gasteiger partial charge in [0.15, 0.2) is 0 Å². The van der Waals surface area contributed by atoms with Gasteiger partial charge < -0.3 is 10.1 Å². The van der Waals surface area contributed by atoms with Crippen LogP contribution in [0.5, 0.6) is 0 Å². The molecule has 0 aromatic carbocycles. The van der Waals surface area contributed by atoms with Gasteiger partial charge in [0.1, 0.15) is 6.10 Å². The van der Waals surface area contributed by atoms with Crippen LogP contribution < -0.4 is 5.32 Å². The summed E-state index contributed by atoms with van der Waals surface area (Å²) in [6.45, 7) is 4.45. The van der Waals surface area contributed by atoms with Crippen molar-refractivity contribution in [1.82, 2.24) is 10.2 Å². The van der Waals surface area contributed by atoms with Crippen molar-refractivity contribution in [2.45, 2.75) is 31.9 Å². The fourth-order valence-electron chi connectivity index (χ4n) is 3.47. The average molecular weight is 363 g/mol. The number of carbonyl (C=O) groups excluding carboxylic acids is 1. The van der Waals surface area contributed by atoms with Crippen LogP contribution in [-0.4, -0.2) is 37.0 Å². The number of fused-ring (bicyclic) bond motifs is 2. The lowest BCUT2D eigenvalue weighted by molar-refractivity contribution is -0.124. The number of nitrogens with one attached hydrogen (secondary N) is 1. The molecule has 6 heteroatoms. The van der Waals surface area contributed by atoms with Gasteiger partial charge in [0.2, 0.25) is 5.91 Å². The summed E-state index contributed by atoms with van der Waals surface area (Å²) >= 11 is 3.57. The highest BCUT2D eigenvalue weighted by atomic mass is 32.1. The third-order valence-electron chi connectivity index (χ3n) is 4.77. The summed E-state index contributed by atoms with van der Waals surface area (Å²) in [7, 11) is 0. The van der Waals surface area contributed by atoms with E-state index in [0.717, 1.165) is 39.1 Å². The molecule has 1 unspecified atom stereocenters. The molecule has 2 aliphatic rings. The lowest BCUT2D eigenvalue weighted by atomic mass is 10.1. The first kappa shape index (κ1) is 16.3. The number of nitrogens with zero attached hydrogens (tertiary/aromatic N) is 1. The van der Waals surface area contributed by atoms with Gasteiger partial charge in [0.05, 0.1) is 13.0 Å². The van der Waals surface area contributed by atoms with Gasteiger partial charge in [0, 0.05) is 35.9 Å². The van der Waals surface area contributed by atoms with Crippen molar-refractivity contribution < 1.29 is 9.53 Å². The van der Waals surface area contributed by atoms with E-state index in [9.17, 15) is 4.79 Å². The zero-order valence-corrected chi connectivity index (χ0v) is 15.3. The van der Waals surface area contributed by atoms with Crippen molar-refractivity contribution in [2.24, 2.45) is 0 Å². The van der Waals surface area contributed by atoms with Crippen LogP contribution in [0.25, 0.3) is 0 Å². The molecular weight excluding hydrogens is 340 g/mol. The molecule has 4 rings (SSSR count). The van der Waals surface area contributed by atoms with Gasteiger partial charge in [-0.05, 0) is 46.9 Å². The van der Waals surface area contributed by atoms with E-state index in [4.69, 9.17) is 4.74 Å². The lowest BCUT2D eigenvalue weighted by Gasteiger charge is -2.27. The van der Waals surface area contributed by atoms with Crippen LogP contribution in [0, 0.1) is 0 Å². The Balaban J connectivity index is 1.22. The molecule has 0 spiro atoms. The maximum atomic E-state index is 12.2. The second-order valence-electron chi connectivity index (χ2n) is 6.37. The molecule has 2 aliphatic heterocycles. The minimum absolute atomic E-state index is 0.0582. The van der Waals surface area contributed by atoms with Crippen LogP contribution in [-0.2, 0) is 28.9 Å². The minimum Gasteiger partial charge on any atom is -0.372 e. The number of amides is 1. The van der Waals surface area contributed by atoms with Gasteiger partial charge in [-0.25, -0.2) is 0 Å². The van der Waals surface area contributed by atoms with E-state index in [-0.39, 0.29) is 12.0 Å². The third-order valence-corrected chi connectivity index (χ3v) is 6.85. The van der Waals surface area contributed by atoms with Crippen LogP contribution in [0.15, 0.2) is 22.9 Å². The molecule has 2 aromatic rings. The number of hydrogen-bond acceptors (Lipinski definition) is 5. The van der Waals surface area contributed by atoms with Gasteiger partial charge in [0.25, 0.3) is 0 Å². The Labute approximate surface area is 150 Å². The lowest BCUT2D eigenvalue weighted by Crippen LogP contribution is -2.38. The minimum atomic E-state index is -0.0582. The van der Waals surface area contributed by atoms with E-state index in [1.165, 1.54) is 20.9 Å². The Morgan fingerprint density at radius 2 is 2.12 bits per heavy atom. The van der Waals surface area contributed by atoms with Crippen molar-refractivity contribution in [2.75, 3.05) is 26.2 Å². The fourth-order valence-corrected chi connectivity index (χ4v) is 5.36. The van der Waals surface area contributed by atoms with Gasteiger partial charge in [-0.3, -0.25) is 9.69 Å². The van der Waals surface area contributed by atoms with E-state index in [0.29, 0.717) is 13.0 Å². The van der Waals surface area contributed by atoms with Gasteiger partial charge in [-0.15, -0.1) is 22.7 Å². The Kier molecular flexibility index (Phi) is 4.98. The first-order valence-corrected chi connectivity index (χ1v) is 10.3. The number of hydrogen-bond donors (Lipinski definition) is 1. The molecule has 1 atom stereocenters. The molecule has 0 aliphatic carbocycles. The fraction of sp³-hybridized carbons (Fsp3) is 0.500. The number of thiophene rings is 2. The van der Waals surface area contributed by atoms with Crippen LogP contribution in [0.3, 0.4) is 0 Å². The highest BCUT2D eigenvalue weighted by Gasteiger charge is 2.24. The molecule has 2 aromatic heterocycles. The first-order valence-electron chi connectivity index (χ1n) is 8.52. The maximum absolute atomic E-state index is 12.2. The molecule has 4 nitrogen and oxygen atoms in total. The van der Waals surface area contributed by atoms with E-state index in [1.807, 2.05) is 11.3 Å². The van der Waals surface area contributed by atoms with E-state index in [2.05, 4.69) is 33.1 Å². The van der Waals surface area contributed by atoms with Crippen LogP contribution in [0.4, 0.5) is 0 Å². The number of carbonyl (C=O) groups is 1. The Hall–Kier alpha value is -1.21. The number of ether oxygens (including phenoxy) is 1. The highest BCUT2D eigenvalue weighted by molar-refractivity contribution is 7.10. The molecule has 128 valence electrons. The molecular formula is C18H22N2O2S2. The molecule has 0 fully saturated rings. The highest BCUT2D eigenvalue weighted by Crippen LogP contribution is 2.33. The van der Waals surface area contributed by atoms with E-state index < -0.39 is 0 Å². The van der Waals surface area contributed by atoms with Crippen molar-refractivity contribution >= 4 is 28.6 Å². The molecule has 1 N–H and O–H groups in total. The van der Waals surface area contributed by atoms with Crippen molar-refractivity contribution in [3.63, 3.8) is 0 Å². The van der Waals surface area contributed by atoms with Gasteiger partial charge in [-0.1, -0.05) is 0 Å². The normalized spacial score (nSPS) is 20.4. The summed E-state index contributed by atoms with van der Waals surface area (Å²) in [4.78, 5) is 17.4.